The number of hydrogen-bond acceptors (Lipinski definition) is 3. The lowest BCUT2D eigenvalue weighted by molar-refractivity contribution is 0.396. The molecule has 0 bridgehead atoms. The van der Waals surface area contributed by atoms with E-state index in [0.29, 0.717) is 12.4 Å². The molecule has 0 aliphatic heterocycles. The topological polar surface area (TPSA) is 58.5 Å². The number of ether oxygens (including phenoxy) is 1. The molecule has 6 heteroatoms. The summed E-state index contributed by atoms with van der Waals surface area (Å²) in [5.41, 5.74) is 0.897. The molecule has 0 unspecified atom stereocenters. The Morgan fingerprint density at radius 1 is 1.32 bits per heavy atom. The van der Waals surface area contributed by atoms with E-state index in [9.17, 15) is 0 Å². The van der Waals surface area contributed by atoms with E-state index >= 15 is 0 Å². The van der Waals surface area contributed by atoms with Gasteiger partial charge in [-0.15, -0.1) is 24.0 Å². The third kappa shape index (κ3) is 9.07. The average molecular weight is 420 g/mol. The fourth-order valence-corrected chi connectivity index (χ4v) is 1.88. The van der Waals surface area contributed by atoms with E-state index in [1.807, 2.05) is 18.2 Å². The molecule has 0 saturated heterocycles. The fraction of sp³-hybridized carbons (Fsp3) is 0.625. The van der Waals surface area contributed by atoms with Crippen LogP contribution in [0, 0.1) is 5.92 Å². The van der Waals surface area contributed by atoms with Crippen molar-refractivity contribution in [1.29, 1.82) is 0 Å². The van der Waals surface area contributed by atoms with Gasteiger partial charge in [-0.3, -0.25) is 0 Å². The maximum absolute atomic E-state index is 5.12. The largest absolute Gasteiger partial charge is 0.481 e. The van der Waals surface area contributed by atoms with Crippen LogP contribution in [0.4, 0.5) is 0 Å². The molecule has 0 aliphatic carbocycles. The smallest absolute Gasteiger partial charge is 0.213 e. The number of nitrogens with zero attached hydrogens (tertiary/aromatic N) is 2. The van der Waals surface area contributed by atoms with Gasteiger partial charge in [0.05, 0.1) is 19.3 Å². The molecule has 1 rings (SSSR count). The number of methoxy groups -OCH3 is 1. The number of nitrogens with one attached hydrogen (secondary N) is 2. The third-order valence-corrected chi connectivity index (χ3v) is 2.98. The van der Waals surface area contributed by atoms with Crippen molar-refractivity contribution in [3.63, 3.8) is 0 Å². The van der Waals surface area contributed by atoms with Crippen LogP contribution in [0.2, 0.25) is 0 Å². The number of halogens is 1. The van der Waals surface area contributed by atoms with Crippen LogP contribution in [0.3, 0.4) is 0 Å². The number of rotatable bonds is 8. The Balaban J connectivity index is 0.00000441. The van der Waals surface area contributed by atoms with Gasteiger partial charge in [0, 0.05) is 19.2 Å². The first-order chi connectivity index (χ1) is 10.2. The number of aliphatic imine (C=N–C) groups is 1. The Morgan fingerprint density at radius 2 is 2.09 bits per heavy atom. The molecule has 1 aromatic heterocycles. The predicted molar refractivity (Wildman–Crippen MR) is 103 cm³/mol. The molecule has 1 heterocycles. The normalized spacial score (nSPS) is 11.0. The predicted octanol–water partition coefficient (Wildman–Crippen LogP) is 3.20. The summed E-state index contributed by atoms with van der Waals surface area (Å²) in [6.45, 7) is 8.88. The van der Waals surface area contributed by atoms with Gasteiger partial charge in [-0.25, -0.2) is 9.98 Å². The lowest BCUT2D eigenvalue weighted by Crippen LogP contribution is -2.37. The highest BCUT2D eigenvalue weighted by Gasteiger charge is 2.00. The second kappa shape index (κ2) is 12.5. The summed E-state index contributed by atoms with van der Waals surface area (Å²) >= 11 is 0. The van der Waals surface area contributed by atoms with Crippen LogP contribution >= 0.6 is 24.0 Å². The minimum absolute atomic E-state index is 0. The first-order valence-corrected chi connectivity index (χ1v) is 7.67. The van der Waals surface area contributed by atoms with Crippen molar-refractivity contribution < 1.29 is 4.74 Å². The second-order valence-electron chi connectivity index (χ2n) is 5.33. The highest BCUT2D eigenvalue weighted by atomic mass is 127. The fourth-order valence-electron chi connectivity index (χ4n) is 1.88. The van der Waals surface area contributed by atoms with Crippen molar-refractivity contribution in [2.75, 3.05) is 20.2 Å². The van der Waals surface area contributed by atoms with E-state index in [1.165, 1.54) is 6.42 Å². The van der Waals surface area contributed by atoms with Crippen LogP contribution < -0.4 is 15.4 Å². The molecular formula is C16H29IN4O. The Bertz CT molecular complexity index is 438. The quantitative estimate of drug-likeness (QED) is 0.294. The second-order valence-corrected chi connectivity index (χ2v) is 5.33. The molecule has 0 radical (unpaired) electrons. The lowest BCUT2D eigenvalue weighted by Gasteiger charge is -2.12. The molecule has 0 fully saturated rings. The Labute approximate surface area is 151 Å². The summed E-state index contributed by atoms with van der Waals surface area (Å²) in [7, 11) is 1.62. The van der Waals surface area contributed by atoms with E-state index in [4.69, 9.17) is 4.74 Å². The SMILES string of the molecule is CCNC(=NCc1cccc(OC)n1)NCCCC(C)C.I. The van der Waals surface area contributed by atoms with Gasteiger partial charge in [-0.1, -0.05) is 19.9 Å². The van der Waals surface area contributed by atoms with Crippen LogP contribution in [-0.4, -0.2) is 31.1 Å². The summed E-state index contributed by atoms with van der Waals surface area (Å²) in [5.74, 6) is 2.20. The van der Waals surface area contributed by atoms with Gasteiger partial charge in [0.25, 0.3) is 0 Å². The van der Waals surface area contributed by atoms with Crippen LogP contribution in [0.25, 0.3) is 0 Å². The molecule has 126 valence electrons. The maximum Gasteiger partial charge on any atom is 0.213 e. The van der Waals surface area contributed by atoms with Gasteiger partial charge in [0.15, 0.2) is 5.96 Å². The zero-order valence-corrected chi connectivity index (χ0v) is 16.4. The zero-order valence-electron chi connectivity index (χ0n) is 14.1. The third-order valence-electron chi connectivity index (χ3n) is 2.98. The molecule has 0 aromatic carbocycles. The van der Waals surface area contributed by atoms with Gasteiger partial charge in [-0.05, 0) is 31.7 Å². The lowest BCUT2D eigenvalue weighted by atomic mass is 10.1. The van der Waals surface area contributed by atoms with Crippen LogP contribution in [0.5, 0.6) is 5.88 Å². The molecule has 0 saturated carbocycles. The van der Waals surface area contributed by atoms with E-state index in [0.717, 1.165) is 37.1 Å². The molecular weight excluding hydrogens is 391 g/mol. The van der Waals surface area contributed by atoms with Crippen molar-refractivity contribution in [2.24, 2.45) is 10.9 Å². The highest BCUT2D eigenvalue weighted by molar-refractivity contribution is 14.0. The molecule has 2 N–H and O–H groups in total. The molecule has 0 aliphatic rings. The summed E-state index contributed by atoms with van der Waals surface area (Å²) in [6, 6.07) is 5.72. The van der Waals surface area contributed by atoms with Crippen molar-refractivity contribution >= 4 is 29.9 Å². The van der Waals surface area contributed by atoms with Crippen molar-refractivity contribution in [3.8, 4) is 5.88 Å². The number of pyridine rings is 1. The molecule has 0 atom stereocenters. The van der Waals surface area contributed by atoms with Crippen LogP contribution in [0.15, 0.2) is 23.2 Å². The Morgan fingerprint density at radius 3 is 2.73 bits per heavy atom. The van der Waals surface area contributed by atoms with Gasteiger partial charge in [0.2, 0.25) is 5.88 Å². The summed E-state index contributed by atoms with van der Waals surface area (Å²) in [4.78, 5) is 8.91. The van der Waals surface area contributed by atoms with Crippen molar-refractivity contribution in [1.82, 2.24) is 15.6 Å². The minimum Gasteiger partial charge on any atom is -0.481 e. The molecule has 1 aromatic rings. The van der Waals surface area contributed by atoms with Crippen molar-refractivity contribution in [2.45, 2.75) is 40.2 Å². The molecule has 5 nitrogen and oxygen atoms in total. The van der Waals surface area contributed by atoms with Gasteiger partial charge < -0.3 is 15.4 Å². The molecule has 0 amide bonds. The van der Waals surface area contributed by atoms with E-state index in [2.05, 4.69) is 41.4 Å². The summed E-state index contributed by atoms with van der Waals surface area (Å²) < 4.78 is 5.12. The monoisotopic (exact) mass is 420 g/mol. The molecule has 22 heavy (non-hydrogen) atoms. The van der Waals surface area contributed by atoms with E-state index < -0.39 is 0 Å². The first kappa shape index (κ1) is 20.9. The highest BCUT2D eigenvalue weighted by Crippen LogP contribution is 2.07. The first-order valence-electron chi connectivity index (χ1n) is 7.67. The summed E-state index contributed by atoms with van der Waals surface area (Å²) in [6.07, 6.45) is 2.38. The number of aromatic nitrogens is 1. The maximum atomic E-state index is 5.12. The zero-order chi connectivity index (χ0) is 15.5. The number of hydrogen-bond donors (Lipinski definition) is 2. The molecule has 0 spiro atoms. The van der Waals surface area contributed by atoms with Gasteiger partial charge in [0.1, 0.15) is 0 Å². The van der Waals surface area contributed by atoms with E-state index in [1.54, 1.807) is 7.11 Å². The van der Waals surface area contributed by atoms with Crippen LogP contribution in [-0.2, 0) is 6.54 Å². The minimum atomic E-state index is 0. The number of guanidine groups is 1. The standard InChI is InChI=1S/C16H28N4O.HI/c1-5-17-16(18-11-7-8-13(2)3)19-12-14-9-6-10-15(20-14)21-4;/h6,9-10,13H,5,7-8,11-12H2,1-4H3,(H2,17,18,19);1H. The van der Waals surface area contributed by atoms with Gasteiger partial charge in [-0.2, -0.15) is 0 Å². The Hall–Kier alpha value is -1.05. The average Bonchev–Trinajstić information content (AvgIpc) is 2.49. The van der Waals surface area contributed by atoms with Crippen LogP contribution in [0.1, 0.15) is 39.3 Å². The van der Waals surface area contributed by atoms with Gasteiger partial charge >= 0.3 is 0 Å². The van der Waals surface area contributed by atoms with E-state index in [-0.39, 0.29) is 24.0 Å². The summed E-state index contributed by atoms with van der Waals surface area (Å²) in [5, 5.41) is 6.60. The van der Waals surface area contributed by atoms with Crippen molar-refractivity contribution in [3.05, 3.63) is 23.9 Å². The Kier molecular flexibility index (Phi) is 11.9.